The normalized spacial score (nSPS) is 18.0. The Morgan fingerprint density at radius 2 is 2.32 bits per heavy atom. The number of aromatic nitrogens is 4. The molecule has 1 aromatic carbocycles. The summed E-state index contributed by atoms with van der Waals surface area (Å²) >= 11 is 6.11. The quantitative estimate of drug-likeness (QED) is 0.623. The molecular formula is C19H26ClN7O4. The van der Waals surface area contributed by atoms with E-state index in [9.17, 15) is 9.59 Å². The maximum atomic E-state index is 12.8. The van der Waals surface area contributed by atoms with Crippen LogP contribution in [0.5, 0.6) is 0 Å². The van der Waals surface area contributed by atoms with Crippen molar-refractivity contribution >= 4 is 23.4 Å². The van der Waals surface area contributed by atoms with E-state index < -0.39 is 29.5 Å². The Kier molecular flexibility index (Phi) is 6.76. The maximum Gasteiger partial charge on any atom is 0.266 e. The Hall–Kier alpha value is -2.60. The van der Waals surface area contributed by atoms with Crippen molar-refractivity contribution in [2.75, 3.05) is 13.2 Å². The van der Waals surface area contributed by atoms with Crippen LogP contribution in [-0.2, 0) is 25.7 Å². The largest absolute Gasteiger partial charge is 0.374 e. The van der Waals surface area contributed by atoms with Crippen molar-refractivity contribution in [1.29, 1.82) is 0 Å². The Balaban J connectivity index is 1.63. The second kappa shape index (κ2) is 9.69. The zero-order valence-electron chi connectivity index (χ0n) is 18.3. The minimum absolute atomic E-state index is 0.0231. The number of hydrogen-bond acceptors (Lipinski definition) is 8. The van der Waals surface area contributed by atoms with Gasteiger partial charge in [0.25, 0.3) is 5.91 Å². The summed E-state index contributed by atoms with van der Waals surface area (Å²) < 4.78 is 14.4. The van der Waals surface area contributed by atoms with E-state index in [0.29, 0.717) is 22.7 Å². The van der Waals surface area contributed by atoms with Crippen LogP contribution in [0.1, 0.15) is 34.1 Å². The molecule has 0 bridgehead atoms. The highest BCUT2D eigenvalue weighted by molar-refractivity contribution is 6.30. The van der Waals surface area contributed by atoms with Gasteiger partial charge >= 0.3 is 0 Å². The number of hydrogen-bond donors (Lipinski definition) is 2. The van der Waals surface area contributed by atoms with E-state index in [0.717, 1.165) is 5.06 Å². The molecule has 0 spiro atoms. The number of hydroxylamine groups is 2. The number of amides is 2. The average Bonchev–Trinajstić information content (AvgIpc) is 3.47. The van der Waals surface area contributed by atoms with E-state index in [1.807, 2.05) is 0 Å². The maximum absolute atomic E-state index is 12.8. The smallest absolute Gasteiger partial charge is 0.266 e. The molecule has 3 rings (SSSR count). The molecule has 2 atom stereocenters. The van der Waals surface area contributed by atoms with Crippen LogP contribution in [-0.4, -0.2) is 68.0 Å². The number of carbonyl (C=O) groups excluding carboxylic acids is 2. The first-order valence-corrected chi connectivity index (χ1v) is 10.0. The number of rotatable bonds is 7. The summed E-state index contributed by atoms with van der Waals surface area (Å²) in [6, 6.07) is 3.29. The fourth-order valence-electron chi connectivity index (χ4n) is 2.97. The molecule has 2 amide bonds. The number of tetrazole rings is 1. The molecule has 0 radical (unpaired) electrons. The summed E-state index contributed by atoms with van der Waals surface area (Å²) in [7, 11) is 0. The second-order valence-electron chi connectivity index (χ2n) is 7.72. The van der Waals surface area contributed by atoms with Crippen molar-refractivity contribution in [3.63, 3.8) is 0 Å². The number of nitrogens with one attached hydrogen (secondary N) is 1. The minimum atomic E-state index is -1.02. The Labute approximate surface area is 186 Å². The Bertz CT molecular complexity index is 944. The van der Waals surface area contributed by atoms with Crippen LogP contribution in [0.3, 0.4) is 0 Å². The topological polar surface area (TPSA) is 137 Å². The molecule has 1 aromatic heterocycles. The highest BCUT2D eigenvalue weighted by Crippen LogP contribution is 2.20. The third kappa shape index (κ3) is 5.97. The van der Waals surface area contributed by atoms with Gasteiger partial charge in [0, 0.05) is 19.4 Å². The average molecular weight is 453 g/mol. The third-order valence-corrected chi connectivity index (χ3v) is 4.72. The third-order valence-electron chi connectivity index (χ3n) is 4.49. The van der Waals surface area contributed by atoms with E-state index in [4.69, 9.17) is 28.3 Å². The van der Waals surface area contributed by atoms with Gasteiger partial charge in [-0.3, -0.25) is 14.4 Å². The van der Waals surface area contributed by atoms with Crippen LogP contribution < -0.4 is 11.1 Å². The van der Waals surface area contributed by atoms with Crippen molar-refractivity contribution in [3.8, 4) is 5.69 Å². The highest BCUT2D eigenvalue weighted by Gasteiger charge is 2.38. The van der Waals surface area contributed by atoms with Crippen molar-refractivity contribution in [3.05, 3.63) is 35.1 Å². The molecule has 31 heavy (non-hydrogen) atoms. The number of ether oxygens (including phenoxy) is 1. The van der Waals surface area contributed by atoms with Gasteiger partial charge in [-0.2, -0.15) is 0 Å². The van der Waals surface area contributed by atoms with Crippen molar-refractivity contribution in [2.45, 2.75) is 51.4 Å². The van der Waals surface area contributed by atoms with Crippen LogP contribution in [0.2, 0.25) is 5.02 Å². The summed E-state index contributed by atoms with van der Waals surface area (Å²) in [4.78, 5) is 30.9. The first-order valence-electron chi connectivity index (χ1n) is 10.4. The summed E-state index contributed by atoms with van der Waals surface area (Å²) in [5.41, 5.74) is 6.58. The lowest BCUT2D eigenvalue weighted by molar-refractivity contribution is -0.182. The summed E-state index contributed by atoms with van der Waals surface area (Å²) in [6.45, 7) is 3.76. The minimum Gasteiger partial charge on any atom is -0.374 e. The predicted molar refractivity (Wildman–Crippen MR) is 111 cm³/mol. The van der Waals surface area contributed by atoms with Gasteiger partial charge in [0.1, 0.15) is 18.4 Å². The zero-order chi connectivity index (χ0) is 23.3. The standard InChI is InChI=1S/C19H26ClN7O4/c1-19(2,3)30-10-14(21)18(29)27-16(6-7-31-27)17(28)22-9-12-8-13(20)4-5-15(12)26-11-23-24-25-26/h4-5,8,11,14,16H,6-7,9-10,21H2,1-3H3,(H,22,28)/t14-,16-/m0/s1/i1D. The van der Waals surface area contributed by atoms with Gasteiger partial charge in [0.05, 0.1) is 24.5 Å². The molecule has 2 heterocycles. The molecule has 3 N–H and O–H groups in total. The number of benzene rings is 1. The van der Waals surface area contributed by atoms with Gasteiger partial charge in [-0.05, 0) is 54.9 Å². The van der Waals surface area contributed by atoms with Crippen LogP contribution in [0.15, 0.2) is 24.5 Å². The zero-order valence-corrected chi connectivity index (χ0v) is 18.1. The first-order chi connectivity index (χ1) is 15.2. The van der Waals surface area contributed by atoms with Gasteiger partial charge < -0.3 is 15.8 Å². The van der Waals surface area contributed by atoms with Crippen LogP contribution in [0.25, 0.3) is 5.69 Å². The predicted octanol–water partition coefficient (Wildman–Crippen LogP) is 0.607. The van der Waals surface area contributed by atoms with Crippen LogP contribution in [0, 0.1) is 0 Å². The molecule has 1 fully saturated rings. The fraction of sp³-hybridized carbons (Fsp3) is 0.526. The van der Waals surface area contributed by atoms with Gasteiger partial charge in [-0.15, -0.1) is 5.10 Å². The number of halogens is 1. The van der Waals surface area contributed by atoms with Gasteiger partial charge in [0.15, 0.2) is 0 Å². The molecule has 0 saturated carbocycles. The Morgan fingerprint density at radius 1 is 1.52 bits per heavy atom. The lowest BCUT2D eigenvalue weighted by Gasteiger charge is -2.27. The van der Waals surface area contributed by atoms with Crippen LogP contribution >= 0.6 is 11.6 Å². The molecule has 1 aliphatic rings. The SMILES string of the molecule is [2H]CC(C)(C)OC[C@H](N)C(=O)N1OCC[C@H]1C(=O)NCc1cc(Cl)ccc1-n1cnnn1. The van der Waals surface area contributed by atoms with Crippen molar-refractivity contribution < 1.29 is 20.5 Å². The Morgan fingerprint density at radius 3 is 3.03 bits per heavy atom. The number of carbonyl (C=O) groups is 2. The lowest BCUT2D eigenvalue weighted by atomic mass is 10.1. The van der Waals surface area contributed by atoms with E-state index in [1.54, 1.807) is 32.0 Å². The van der Waals surface area contributed by atoms with E-state index in [-0.39, 0.29) is 26.7 Å². The molecule has 2 aromatic rings. The van der Waals surface area contributed by atoms with E-state index in [2.05, 4.69) is 20.8 Å². The molecule has 11 nitrogen and oxygen atoms in total. The van der Waals surface area contributed by atoms with Gasteiger partial charge in [-0.1, -0.05) is 11.6 Å². The first kappa shape index (κ1) is 21.6. The molecule has 1 saturated heterocycles. The summed E-state index contributed by atoms with van der Waals surface area (Å²) in [6.07, 6.45) is 1.77. The molecule has 12 heteroatoms. The monoisotopic (exact) mass is 452 g/mol. The number of nitrogens with zero attached hydrogens (tertiary/aromatic N) is 5. The van der Waals surface area contributed by atoms with Gasteiger partial charge in [0.2, 0.25) is 5.91 Å². The van der Waals surface area contributed by atoms with E-state index >= 15 is 0 Å². The van der Waals surface area contributed by atoms with Crippen molar-refractivity contribution in [1.82, 2.24) is 30.6 Å². The molecule has 0 aliphatic carbocycles. The highest BCUT2D eigenvalue weighted by atomic mass is 35.5. The van der Waals surface area contributed by atoms with Crippen LogP contribution in [0.4, 0.5) is 0 Å². The second-order valence-corrected chi connectivity index (χ2v) is 8.16. The fourth-order valence-corrected chi connectivity index (χ4v) is 3.16. The van der Waals surface area contributed by atoms with Gasteiger partial charge in [-0.25, -0.2) is 9.75 Å². The summed E-state index contributed by atoms with van der Waals surface area (Å²) in [5.74, 6) is -0.946. The molecule has 1 aliphatic heterocycles. The number of nitrogens with two attached hydrogens (primary N) is 1. The summed E-state index contributed by atoms with van der Waals surface area (Å²) in [5, 5.41) is 15.4. The lowest BCUT2D eigenvalue weighted by Crippen LogP contribution is -2.52. The molecule has 0 unspecified atom stereocenters. The molecular weight excluding hydrogens is 426 g/mol. The van der Waals surface area contributed by atoms with E-state index in [1.165, 1.54) is 11.0 Å². The van der Waals surface area contributed by atoms with Crippen molar-refractivity contribution in [2.24, 2.45) is 5.73 Å². The molecule has 168 valence electrons.